The van der Waals surface area contributed by atoms with Gasteiger partial charge in [0, 0.05) is 50.1 Å². The molecule has 0 amide bonds. The molecular weight excluding hydrogens is 325 g/mol. The molecule has 1 aromatic carbocycles. The molecule has 3 nitrogen and oxygen atoms in total. The van der Waals surface area contributed by atoms with Crippen molar-refractivity contribution in [3.05, 3.63) is 64.7 Å². The molecule has 2 aliphatic rings. The maximum absolute atomic E-state index is 13.5. The van der Waals surface area contributed by atoms with E-state index in [4.69, 9.17) is 0 Å². The van der Waals surface area contributed by atoms with Crippen molar-refractivity contribution < 1.29 is 4.39 Å². The number of hydrogen-bond acceptors (Lipinski definition) is 3. The Labute approximate surface area is 155 Å². The van der Waals surface area contributed by atoms with Gasteiger partial charge >= 0.3 is 0 Å². The molecule has 26 heavy (non-hydrogen) atoms. The number of likely N-dealkylation sites (tertiary alicyclic amines) is 1. The van der Waals surface area contributed by atoms with Gasteiger partial charge in [0.25, 0.3) is 0 Å². The van der Waals surface area contributed by atoms with E-state index in [0.717, 1.165) is 25.2 Å². The Bertz CT molecular complexity index is 802. The molecule has 4 rings (SSSR count). The predicted molar refractivity (Wildman–Crippen MR) is 103 cm³/mol. The molecule has 2 heterocycles. The van der Waals surface area contributed by atoms with E-state index in [-0.39, 0.29) is 5.92 Å². The van der Waals surface area contributed by atoms with Gasteiger partial charge in [-0.25, -0.2) is 4.39 Å². The lowest BCUT2D eigenvalue weighted by molar-refractivity contribution is 0.289. The summed E-state index contributed by atoms with van der Waals surface area (Å²) in [5.74, 6) is 0.595. The molecule has 136 valence electrons. The standard InChI is InChI=1S/C22H26FN3/c1-15-3-4-20-18(11-15)12-17(5-9-26-10-6-19(23)14-26)22(20)16(2)21-13-24-7-8-25-21/h3-4,7-8,11-13,16,19,22H,5-6,9-10,14H2,1-2H3. The number of hydrogen-bond donors (Lipinski definition) is 0. The summed E-state index contributed by atoms with van der Waals surface area (Å²) < 4.78 is 13.5. The quantitative estimate of drug-likeness (QED) is 0.794. The molecule has 1 aliphatic heterocycles. The first-order valence-electron chi connectivity index (χ1n) is 9.55. The van der Waals surface area contributed by atoms with Crippen LogP contribution < -0.4 is 0 Å². The lowest BCUT2D eigenvalue weighted by atomic mass is 9.81. The molecule has 0 bridgehead atoms. The molecule has 3 unspecified atom stereocenters. The number of fused-ring (bicyclic) bond motifs is 1. The van der Waals surface area contributed by atoms with E-state index in [1.165, 1.54) is 22.3 Å². The Morgan fingerprint density at radius 2 is 2.19 bits per heavy atom. The Balaban J connectivity index is 1.59. The summed E-state index contributed by atoms with van der Waals surface area (Å²) >= 11 is 0. The first-order chi connectivity index (χ1) is 12.6. The van der Waals surface area contributed by atoms with Crippen LogP contribution in [0.3, 0.4) is 0 Å². The summed E-state index contributed by atoms with van der Waals surface area (Å²) in [6.45, 7) is 6.78. The molecule has 0 saturated carbocycles. The fourth-order valence-corrected chi connectivity index (χ4v) is 4.40. The number of aromatic nitrogens is 2. The van der Waals surface area contributed by atoms with Crippen molar-refractivity contribution in [2.45, 2.75) is 44.7 Å². The van der Waals surface area contributed by atoms with Gasteiger partial charge in [0.1, 0.15) is 6.17 Å². The normalized spacial score (nSPS) is 23.7. The second-order valence-electron chi connectivity index (χ2n) is 7.68. The molecule has 1 aliphatic carbocycles. The molecule has 0 N–H and O–H groups in total. The highest BCUT2D eigenvalue weighted by Gasteiger charge is 2.32. The van der Waals surface area contributed by atoms with Crippen molar-refractivity contribution in [2.75, 3.05) is 19.6 Å². The van der Waals surface area contributed by atoms with Gasteiger partial charge in [-0.2, -0.15) is 0 Å². The van der Waals surface area contributed by atoms with Gasteiger partial charge in [-0.05, 0) is 30.9 Å². The van der Waals surface area contributed by atoms with Crippen LogP contribution in [0.25, 0.3) is 6.08 Å². The van der Waals surface area contributed by atoms with Crippen molar-refractivity contribution in [3.63, 3.8) is 0 Å². The highest BCUT2D eigenvalue weighted by molar-refractivity contribution is 5.68. The highest BCUT2D eigenvalue weighted by Crippen LogP contribution is 2.46. The van der Waals surface area contributed by atoms with Crippen molar-refractivity contribution in [2.24, 2.45) is 0 Å². The first-order valence-corrected chi connectivity index (χ1v) is 9.55. The molecule has 0 radical (unpaired) electrons. The van der Waals surface area contributed by atoms with Gasteiger partial charge in [0.15, 0.2) is 0 Å². The summed E-state index contributed by atoms with van der Waals surface area (Å²) in [6.07, 6.45) is 8.73. The minimum absolute atomic E-state index is 0.270. The van der Waals surface area contributed by atoms with E-state index < -0.39 is 6.17 Å². The zero-order valence-electron chi connectivity index (χ0n) is 15.5. The Morgan fingerprint density at radius 1 is 1.31 bits per heavy atom. The van der Waals surface area contributed by atoms with E-state index in [0.29, 0.717) is 18.9 Å². The van der Waals surface area contributed by atoms with Gasteiger partial charge in [-0.15, -0.1) is 0 Å². The molecule has 2 aromatic rings. The third-order valence-corrected chi connectivity index (χ3v) is 5.80. The minimum Gasteiger partial charge on any atom is -0.300 e. The van der Waals surface area contributed by atoms with Gasteiger partial charge < -0.3 is 4.90 Å². The fourth-order valence-electron chi connectivity index (χ4n) is 4.40. The minimum atomic E-state index is -0.651. The molecule has 1 fully saturated rings. The van der Waals surface area contributed by atoms with Crippen LogP contribution >= 0.6 is 0 Å². The monoisotopic (exact) mass is 351 g/mol. The van der Waals surface area contributed by atoms with Crippen LogP contribution in [0.1, 0.15) is 54.0 Å². The van der Waals surface area contributed by atoms with E-state index in [1.807, 2.05) is 6.20 Å². The fraction of sp³-hybridized carbons (Fsp3) is 0.455. The Morgan fingerprint density at radius 3 is 2.92 bits per heavy atom. The maximum atomic E-state index is 13.5. The highest BCUT2D eigenvalue weighted by atomic mass is 19.1. The maximum Gasteiger partial charge on any atom is 0.114 e. The van der Waals surface area contributed by atoms with Crippen LogP contribution in [0, 0.1) is 6.92 Å². The van der Waals surface area contributed by atoms with Gasteiger partial charge in [0.05, 0.1) is 5.69 Å². The molecule has 0 spiro atoms. The van der Waals surface area contributed by atoms with Gasteiger partial charge in [-0.1, -0.05) is 42.3 Å². The first kappa shape index (κ1) is 17.3. The predicted octanol–water partition coefficient (Wildman–Crippen LogP) is 4.50. The van der Waals surface area contributed by atoms with Gasteiger partial charge in [-0.3, -0.25) is 9.97 Å². The van der Waals surface area contributed by atoms with Crippen LogP contribution in [0.4, 0.5) is 4.39 Å². The summed E-state index contributed by atoms with van der Waals surface area (Å²) in [4.78, 5) is 11.1. The lowest BCUT2D eigenvalue weighted by Crippen LogP contribution is -2.23. The Kier molecular flexibility index (Phi) is 4.86. The van der Waals surface area contributed by atoms with E-state index >= 15 is 0 Å². The molecule has 1 aromatic heterocycles. The number of aryl methyl sites for hydroxylation is 1. The van der Waals surface area contributed by atoms with Crippen LogP contribution in [0.15, 0.2) is 42.4 Å². The van der Waals surface area contributed by atoms with Gasteiger partial charge in [0.2, 0.25) is 0 Å². The summed E-state index contributed by atoms with van der Waals surface area (Å²) in [5, 5.41) is 0. The largest absolute Gasteiger partial charge is 0.300 e. The summed E-state index contributed by atoms with van der Waals surface area (Å²) in [6, 6.07) is 6.73. The average molecular weight is 351 g/mol. The van der Waals surface area contributed by atoms with Crippen LogP contribution in [-0.2, 0) is 0 Å². The SMILES string of the molecule is Cc1ccc2c(c1)C=C(CCN1CCC(F)C1)C2C(C)c1cnccn1. The Hall–Kier alpha value is -2.07. The number of nitrogens with zero attached hydrogens (tertiary/aromatic N) is 3. The summed E-state index contributed by atoms with van der Waals surface area (Å²) in [5.41, 5.74) is 6.46. The molecule has 3 atom stereocenters. The second-order valence-corrected chi connectivity index (χ2v) is 7.68. The van der Waals surface area contributed by atoms with E-state index in [1.54, 1.807) is 12.4 Å². The van der Waals surface area contributed by atoms with Crippen molar-refractivity contribution in [3.8, 4) is 0 Å². The third kappa shape index (κ3) is 3.43. The topological polar surface area (TPSA) is 29.0 Å². The summed E-state index contributed by atoms with van der Waals surface area (Å²) in [7, 11) is 0. The smallest absolute Gasteiger partial charge is 0.114 e. The third-order valence-electron chi connectivity index (χ3n) is 5.80. The average Bonchev–Trinajstić information content (AvgIpc) is 3.22. The van der Waals surface area contributed by atoms with Crippen LogP contribution in [0.5, 0.6) is 0 Å². The zero-order valence-corrected chi connectivity index (χ0v) is 15.5. The van der Waals surface area contributed by atoms with Crippen molar-refractivity contribution in [1.82, 2.24) is 14.9 Å². The number of benzene rings is 1. The number of halogens is 1. The molecule has 1 saturated heterocycles. The second kappa shape index (κ2) is 7.28. The van der Waals surface area contributed by atoms with Crippen molar-refractivity contribution >= 4 is 6.08 Å². The van der Waals surface area contributed by atoms with E-state index in [2.05, 4.69) is 53.0 Å². The van der Waals surface area contributed by atoms with Crippen LogP contribution in [-0.4, -0.2) is 40.7 Å². The van der Waals surface area contributed by atoms with Crippen LogP contribution in [0.2, 0.25) is 0 Å². The van der Waals surface area contributed by atoms with Crippen molar-refractivity contribution in [1.29, 1.82) is 0 Å². The number of rotatable bonds is 5. The molecular formula is C22H26FN3. The number of alkyl halides is 1. The molecule has 4 heteroatoms. The zero-order chi connectivity index (χ0) is 18.1. The lowest BCUT2D eigenvalue weighted by Gasteiger charge is -2.25. The van der Waals surface area contributed by atoms with E-state index in [9.17, 15) is 4.39 Å².